The number of aromatic nitrogens is 2. The number of azo groups is 2. The second kappa shape index (κ2) is 8.43. The molecule has 4 N–H and O–H groups in total. The molecule has 0 radical (unpaired) electrons. The highest BCUT2D eigenvalue weighted by atomic mass is 16.3. The van der Waals surface area contributed by atoms with Crippen molar-refractivity contribution in [2.75, 3.05) is 0 Å². The number of carbonyl (C=O) groups excluding carboxylic acids is 2. The first-order chi connectivity index (χ1) is 16.5. The van der Waals surface area contributed by atoms with Crippen LogP contribution in [0.5, 0.6) is 11.8 Å². The van der Waals surface area contributed by atoms with Crippen LogP contribution in [0.1, 0.15) is 20.7 Å². The van der Waals surface area contributed by atoms with Crippen LogP contribution in [0.4, 0.5) is 11.4 Å². The molecule has 166 valence electrons. The first-order valence-electron chi connectivity index (χ1n) is 10.1. The lowest BCUT2D eigenvalue weighted by Gasteiger charge is -1.98. The molecule has 2 heterocycles. The molecule has 0 aliphatic carbocycles. The topological polar surface area (TPSA) is 156 Å². The standard InChI is InChI=1S/C24H16N6O4/c31-21(29-27-19-15-8-1-3-10-17(15)25-23(19)33)13-6-5-7-14(12-13)22(32)30-28-20-16-9-2-4-11-18(16)26-24(20)34/h1-12,25-26,33-34H. The molecule has 0 bridgehead atoms. The fourth-order valence-electron chi connectivity index (χ4n) is 3.52. The van der Waals surface area contributed by atoms with E-state index >= 15 is 0 Å². The molecule has 10 heteroatoms. The van der Waals surface area contributed by atoms with Crippen LogP contribution < -0.4 is 0 Å². The molecular formula is C24H16N6O4. The van der Waals surface area contributed by atoms with Gasteiger partial charge in [-0.1, -0.05) is 42.5 Å². The van der Waals surface area contributed by atoms with Gasteiger partial charge < -0.3 is 20.2 Å². The Bertz CT molecular complexity index is 1510. The number of amides is 2. The highest BCUT2D eigenvalue weighted by molar-refractivity contribution is 6.01. The van der Waals surface area contributed by atoms with E-state index in [1.54, 1.807) is 48.5 Å². The predicted molar refractivity (Wildman–Crippen MR) is 124 cm³/mol. The number of nitrogens with zero attached hydrogens (tertiary/aromatic N) is 4. The van der Waals surface area contributed by atoms with Crippen LogP contribution >= 0.6 is 0 Å². The van der Waals surface area contributed by atoms with Crippen LogP contribution in [0, 0.1) is 0 Å². The minimum Gasteiger partial charge on any atom is -0.493 e. The molecule has 0 unspecified atom stereocenters. The summed E-state index contributed by atoms with van der Waals surface area (Å²) in [6.45, 7) is 0. The lowest BCUT2D eigenvalue weighted by Crippen LogP contribution is -1.99. The minimum absolute atomic E-state index is 0.110. The zero-order valence-corrected chi connectivity index (χ0v) is 17.4. The Morgan fingerprint density at radius 3 is 1.53 bits per heavy atom. The third-order valence-electron chi connectivity index (χ3n) is 5.16. The molecule has 0 saturated heterocycles. The van der Waals surface area contributed by atoms with E-state index in [0.29, 0.717) is 21.8 Å². The van der Waals surface area contributed by atoms with Gasteiger partial charge in [0.05, 0.1) is 11.0 Å². The summed E-state index contributed by atoms with van der Waals surface area (Å²) in [5.41, 5.74) is 1.81. The van der Waals surface area contributed by atoms with Crippen molar-refractivity contribution in [1.82, 2.24) is 9.97 Å². The number of carbonyl (C=O) groups is 2. The van der Waals surface area contributed by atoms with Crippen molar-refractivity contribution in [3.63, 3.8) is 0 Å². The Morgan fingerprint density at radius 2 is 1.06 bits per heavy atom. The number of fused-ring (bicyclic) bond motifs is 2. The summed E-state index contributed by atoms with van der Waals surface area (Å²) >= 11 is 0. The van der Waals surface area contributed by atoms with Gasteiger partial charge in [0.15, 0.2) is 11.4 Å². The first kappa shape index (κ1) is 20.8. The zero-order valence-electron chi connectivity index (χ0n) is 17.4. The van der Waals surface area contributed by atoms with Gasteiger partial charge in [-0.15, -0.1) is 20.5 Å². The van der Waals surface area contributed by atoms with Crippen LogP contribution in [0.2, 0.25) is 0 Å². The summed E-state index contributed by atoms with van der Waals surface area (Å²) in [4.78, 5) is 30.6. The maximum Gasteiger partial charge on any atom is 0.295 e. The monoisotopic (exact) mass is 452 g/mol. The molecule has 34 heavy (non-hydrogen) atoms. The van der Waals surface area contributed by atoms with Crippen LogP contribution in [-0.2, 0) is 0 Å². The molecule has 2 aromatic heterocycles. The van der Waals surface area contributed by atoms with Crippen molar-refractivity contribution in [3.05, 3.63) is 83.9 Å². The molecule has 0 saturated carbocycles. The quantitative estimate of drug-likeness (QED) is 0.250. The number of para-hydroxylation sites is 2. The summed E-state index contributed by atoms with van der Waals surface area (Å²) in [5.74, 6) is -1.82. The number of H-pyrrole nitrogens is 2. The Balaban J connectivity index is 1.37. The summed E-state index contributed by atoms with van der Waals surface area (Å²) in [6, 6.07) is 19.9. The number of hydrogen-bond acceptors (Lipinski definition) is 6. The molecule has 0 fully saturated rings. The van der Waals surface area contributed by atoms with Crippen molar-refractivity contribution >= 4 is 45.0 Å². The molecular weight excluding hydrogens is 436 g/mol. The molecule has 0 spiro atoms. The number of rotatable bonds is 4. The molecule has 0 aliphatic heterocycles. The van der Waals surface area contributed by atoms with Gasteiger partial charge in [-0.05, 0) is 30.3 Å². The predicted octanol–water partition coefficient (Wildman–Crippen LogP) is 5.91. The average molecular weight is 452 g/mol. The molecule has 0 atom stereocenters. The number of aromatic hydroxyl groups is 2. The summed E-state index contributed by atoms with van der Waals surface area (Å²) < 4.78 is 0. The Hall–Kier alpha value is -5.12. The summed E-state index contributed by atoms with van der Waals surface area (Å²) in [7, 11) is 0. The molecule has 2 amide bonds. The highest BCUT2D eigenvalue weighted by Gasteiger charge is 2.14. The number of hydrogen-bond donors (Lipinski definition) is 4. The Labute approximate surface area is 191 Å². The smallest absolute Gasteiger partial charge is 0.295 e. The second-order valence-electron chi connectivity index (χ2n) is 7.33. The van der Waals surface area contributed by atoms with E-state index in [0.717, 1.165) is 0 Å². The van der Waals surface area contributed by atoms with E-state index in [1.807, 2.05) is 0 Å². The average Bonchev–Trinajstić information content (AvgIpc) is 3.35. The van der Waals surface area contributed by atoms with E-state index < -0.39 is 11.8 Å². The molecule has 5 rings (SSSR count). The van der Waals surface area contributed by atoms with Gasteiger partial charge in [-0.3, -0.25) is 9.59 Å². The summed E-state index contributed by atoms with van der Waals surface area (Å²) in [5, 5.41) is 36.5. The van der Waals surface area contributed by atoms with Crippen LogP contribution in [0.15, 0.2) is 93.3 Å². The third kappa shape index (κ3) is 3.79. The fourth-order valence-corrected chi connectivity index (χ4v) is 3.52. The lowest BCUT2D eigenvalue weighted by atomic mass is 10.1. The van der Waals surface area contributed by atoms with Gasteiger partial charge in [0.1, 0.15) is 0 Å². The Kier molecular flexibility index (Phi) is 5.15. The van der Waals surface area contributed by atoms with E-state index in [2.05, 4.69) is 30.4 Å². The maximum atomic E-state index is 12.5. The van der Waals surface area contributed by atoms with E-state index in [-0.39, 0.29) is 34.3 Å². The largest absolute Gasteiger partial charge is 0.493 e. The van der Waals surface area contributed by atoms with Crippen LogP contribution in [-0.4, -0.2) is 32.0 Å². The number of nitrogens with one attached hydrogen (secondary N) is 2. The molecule has 0 aliphatic rings. The van der Waals surface area contributed by atoms with Gasteiger partial charge in [0.25, 0.3) is 11.8 Å². The second-order valence-corrected chi connectivity index (χ2v) is 7.33. The van der Waals surface area contributed by atoms with Gasteiger partial charge in [0.2, 0.25) is 11.8 Å². The van der Waals surface area contributed by atoms with E-state index in [9.17, 15) is 19.8 Å². The van der Waals surface area contributed by atoms with Gasteiger partial charge in [-0.2, -0.15) is 0 Å². The van der Waals surface area contributed by atoms with Crippen molar-refractivity contribution in [1.29, 1.82) is 0 Å². The molecule has 3 aromatic carbocycles. The van der Waals surface area contributed by atoms with Crippen molar-refractivity contribution in [2.45, 2.75) is 0 Å². The van der Waals surface area contributed by atoms with Crippen LogP contribution in [0.25, 0.3) is 21.8 Å². The number of benzene rings is 3. The van der Waals surface area contributed by atoms with Gasteiger partial charge in [-0.25, -0.2) is 0 Å². The van der Waals surface area contributed by atoms with E-state index in [1.165, 1.54) is 24.3 Å². The normalized spacial score (nSPS) is 11.8. The first-order valence-corrected chi connectivity index (χ1v) is 10.1. The van der Waals surface area contributed by atoms with Crippen molar-refractivity contribution < 1.29 is 19.8 Å². The lowest BCUT2D eigenvalue weighted by molar-refractivity contribution is 0.0994. The van der Waals surface area contributed by atoms with Crippen LogP contribution in [0.3, 0.4) is 0 Å². The number of aromatic amines is 2. The Morgan fingerprint density at radius 1 is 0.618 bits per heavy atom. The summed E-state index contributed by atoms with van der Waals surface area (Å²) in [6.07, 6.45) is 0. The van der Waals surface area contributed by atoms with Gasteiger partial charge in [0, 0.05) is 21.9 Å². The van der Waals surface area contributed by atoms with Gasteiger partial charge >= 0.3 is 0 Å². The SMILES string of the molecule is O=C(N=Nc1c(O)[nH]c2ccccc12)c1cccc(C(=O)N=Nc2c(O)[nH]c3ccccc23)c1. The highest BCUT2D eigenvalue weighted by Crippen LogP contribution is 2.36. The molecule has 5 aromatic rings. The van der Waals surface area contributed by atoms with E-state index in [4.69, 9.17) is 0 Å². The minimum atomic E-state index is -0.703. The molecule has 10 nitrogen and oxygen atoms in total. The third-order valence-corrected chi connectivity index (χ3v) is 5.16. The van der Waals surface area contributed by atoms with Crippen molar-refractivity contribution in [2.24, 2.45) is 20.5 Å². The van der Waals surface area contributed by atoms with Crippen molar-refractivity contribution in [3.8, 4) is 11.8 Å². The maximum absolute atomic E-state index is 12.5. The zero-order chi connectivity index (χ0) is 23.7. The fraction of sp³-hybridized carbons (Fsp3) is 0.